The molecule has 1 heterocycles. The van der Waals surface area contributed by atoms with Crippen LogP contribution < -0.4 is 0 Å². The van der Waals surface area contributed by atoms with Crippen molar-refractivity contribution < 1.29 is 4.58 Å². The molecule has 0 bridgehead atoms. The van der Waals surface area contributed by atoms with Gasteiger partial charge in [-0.05, 0) is 0 Å². The Morgan fingerprint density at radius 1 is 1.67 bits per heavy atom. The largest absolute Gasteiger partial charge is 0.250 e. The van der Waals surface area contributed by atoms with Crippen LogP contribution in [0.5, 0.6) is 0 Å². The third-order valence-corrected chi connectivity index (χ3v) is 1.26. The first-order valence-electron chi connectivity index (χ1n) is 2.82. The SMILES string of the molecule is CC1=CC=NC=C=[N+]1C. The van der Waals surface area contributed by atoms with E-state index in [9.17, 15) is 0 Å². The number of aliphatic imine (C=N–C) groups is 1. The van der Waals surface area contributed by atoms with Gasteiger partial charge in [-0.15, -0.1) is 0 Å². The maximum absolute atomic E-state index is 3.89. The molecular formula is C7H9N2+. The summed E-state index contributed by atoms with van der Waals surface area (Å²) in [5.41, 5.74) is 1.15. The van der Waals surface area contributed by atoms with E-state index in [0.717, 1.165) is 5.70 Å². The number of allylic oxidation sites excluding steroid dienone is 2. The highest BCUT2D eigenvalue weighted by molar-refractivity contribution is 5.74. The van der Waals surface area contributed by atoms with Crippen molar-refractivity contribution in [3.8, 4) is 0 Å². The van der Waals surface area contributed by atoms with E-state index in [1.165, 1.54) is 0 Å². The maximum Gasteiger partial charge on any atom is 0.193 e. The summed E-state index contributed by atoms with van der Waals surface area (Å²) in [6.45, 7) is 2.01. The summed E-state index contributed by atoms with van der Waals surface area (Å²) in [7, 11) is 1.94. The van der Waals surface area contributed by atoms with Gasteiger partial charge >= 0.3 is 0 Å². The van der Waals surface area contributed by atoms with Crippen molar-refractivity contribution in [2.24, 2.45) is 4.99 Å². The van der Waals surface area contributed by atoms with E-state index in [0.29, 0.717) is 0 Å². The minimum absolute atomic E-state index is 1.15. The Labute approximate surface area is 54.5 Å². The Kier molecular flexibility index (Phi) is 1.61. The first-order valence-corrected chi connectivity index (χ1v) is 2.82. The Morgan fingerprint density at radius 2 is 2.44 bits per heavy atom. The molecule has 0 radical (unpaired) electrons. The van der Waals surface area contributed by atoms with E-state index >= 15 is 0 Å². The van der Waals surface area contributed by atoms with Crippen LogP contribution in [-0.2, 0) is 0 Å². The van der Waals surface area contributed by atoms with Gasteiger partial charge in [0.25, 0.3) is 0 Å². The van der Waals surface area contributed by atoms with Crippen LogP contribution in [0.25, 0.3) is 0 Å². The number of nitrogens with zero attached hydrogens (tertiary/aromatic N) is 2. The topological polar surface area (TPSA) is 15.4 Å². The fraction of sp³-hybridized carbons (Fsp3) is 0.286. The van der Waals surface area contributed by atoms with Crippen molar-refractivity contribution in [1.82, 2.24) is 0 Å². The Hall–Kier alpha value is -1.14. The Bertz CT molecular complexity index is 227. The van der Waals surface area contributed by atoms with Crippen LogP contribution in [0.2, 0.25) is 0 Å². The molecule has 0 saturated heterocycles. The molecule has 0 amide bonds. The second-order valence-electron chi connectivity index (χ2n) is 1.92. The number of hydrogen-bond donors (Lipinski definition) is 0. The fourth-order valence-corrected chi connectivity index (χ4v) is 0.527. The molecule has 0 spiro atoms. The number of hydrogen-bond acceptors (Lipinski definition) is 1. The van der Waals surface area contributed by atoms with Gasteiger partial charge in [0.05, 0.1) is 0 Å². The molecular weight excluding hydrogens is 112 g/mol. The molecule has 2 heteroatoms. The summed E-state index contributed by atoms with van der Waals surface area (Å²) in [6, 6.07) is 0. The summed E-state index contributed by atoms with van der Waals surface area (Å²) >= 11 is 0. The van der Waals surface area contributed by atoms with E-state index in [1.54, 1.807) is 12.4 Å². The van der Waals surface area contributed by atoms with E-state index in [2.05, 4.69) is 10.9 Å². The van der Waals surface area contributed by atoms with Crippen molar-refractivity contribution >= 4 is 12.1 Å². The molecule has 1 aliphatic heterocycles. The van der Waals surface area contributed by atoms with Gasteiger partial charge in [0, 0.05) is 19.2 Å². The molecule has 0 aromatic rings. The molecule has 1 rings (SSSR count). The highest BCUT2D eigenvalue weighted by atomic mass is 15.0. The molecule has 0 N–H and O–H groups in total. The van der Waals surface area contributed by atoms with E-state index in [1.807, 2.05) is 24.6 Å². The molecule has 9 heavy (non-hydrogen) atoms. The smallest absolute Gasteiger partial charge is 0.193 e. The van der Waals surface area contributed by atoms with Crippen molar-refractivity contribution in [3.05, 3.63) is 18.0 Å². The number of rotatable bonds is 0. The van der Waals surface area contributed by atoms with Gasteiger partial charge < -0.3 is 0 Å². The summed E-state index contributed by atoms with van der Waals surface area (Å²) in [5.74, 6) is 2.94. The van der Waals surface area contributed by atoms with Crippen molar-refractivity contribution in [2.45, 2.75) is 6.92 Å². The predicted molar refractivity (Wildman–Crippen MR) is 38.0 cm³/mol. The quantitative estimate of drug-likeness (QED) is 0.421. The van der Waals surface area contributed by atoms with Crippen molar-refractivity contribution in [1.29, 1.82) is 0 Å². The molecule has 0 aromatic heterocycles. The summed E-state index contributed by atoms with van der Waals surface area (Å²) < 4.78 is 1.90. The summed E-state index contributed by atoms with van der Waals surface area (Å²) in [4.78, 5) is 3.89. The predicted octanol–water partition coefficient (Wildman–Crippen LogP) is 0.800. The van der Waals surface area contributed by atoms with E-state index in [-0.39, 0.29) is 0 Å². The zero-order valence-corrected chi connectivity index (χ0v) is 5.63. The lowest BCUT2D eigenvalue weighted by Crippen LogP contribution is -1.98. The van der Waals surface area contributed by atoms with Crippen LogP contribution in [0.1, 0.15) is 6.92 Å². The van der Waals surface area contributed by atoms with Gasteiger partial charge in [-0.2, -0.15) is 4.58 Å². The van der Waals surface area contributed by atoms with E-state index < -0.39 is 0 Å². The van der Waals surface area contributed by atoms with Gasteiger partial charge in [-0.1, -0.05) is 0 Å². The molecule has 0 aromatic carbocycles. The molecule has 0 atom stereocenters. The normalized spacial score (nSPS) is 16.7. The van der Waals surface area contributed by atoms with Gasteiger partial charge in [0.1, 0.15) is 13.2 Å². The lowest BCUT2D eigenvalue weighted by Gasteiger charge is -1.84. The first kappa shape index (κ1) is 5.99. The monoisotopic (exact) mass is 121 g/mol. The second kappa shape index (κ2) is 2.42. The molecule has 0 unspecified atom stereocenters. The summed E-state index contributed by atoms with van der Waals surface area (Å²) in [6.07, 6.45) is 5.34. The van der Waals surface area contributed by atoms with Crippen LogP contribution in [0.4, 0.5) is 0 Å². The van der Waals surface area contributed by atoms with Gasteiger partial charge in [-0.3, -0.25) is 0 Å². The van der Waals surface area contributed by atoms with Crippen LogP contribution in [0.15, 0.2) is 23.0 Å². The second-order valence-corrected chi connectivity index (χ2v) is 1.92. The van der Waals surface area contributed by atoms with Crippen molar-refractivity contribution in [2.75, 3.05) is 7.05 Å². The average molecular weight is 121 g/mol. The van der Waals surface area contributed by atoms with Gasteiger partial charge in [0.2, 0.25) is 0 Å². The lowest BCUT2D eigenvalue weighted by atomic mass is 10.4. The van der Waals surface area contributed by atoms with E-state index in [4.69, 9.17) is 0 Å². The first-order chi connectivity index (χ1) is 4.30. The van der Waals surface area contributed by atoms with Gasteiger partial charge in [-0.25, -0.2) is 4.99 Å². The minimum Gasteiger partial charge on any atom is -0.250 e. The molecule has 2 nitrogen and oxygen atoms in total. The van der Waals surface area contributed by atoms with Crippen LogP contribution >= 0.6 is 0 Å². The molecule has 0 saturated carbocycles. The standard InChI is InChI=1S/C7H9N2/c1-7-3-4-8-5-6-9(7)2/h3-5H,1-2H3/q+1. The third-order valence-electron chi connectivity index (χ3n) is 1.26. The molecule has 1 aliphatic rings. The maximum atomic E-state index is 3.89. The third kappa shape index (κ3) is 1.37. The zero-order valence-electron chi connectivity index (χ0n) is 5.63. The fourth-order valence-electron chi connectivity index (χ4n) is 0.527. The minimum atomic E-state index is 1.15. The molecule has 0 aliphatic carbocycles. The highest BCUT2D eigenvalue weighted by Gasteiger charge is 1.97. The van der Waals surface area contributed by atoms with Crippen LogP contribution in [0, 0.1) is 0 Å². The average Bonchev–Trinajstić information content (AvgIpc) is 1.99. The van der Waals surface area contributed by atoms with Crippen molar-refractivity contribution in [3.63, 3.8) is 0 Å². The van der Waals surface area contributed by atoms with Crippen LogP contribution in [0.3, 0.4) is 0 Å². The Balaban J connectivity index is 3.06. The molecule has 46 valence electrons. The lowest BCUT2D eigenvalue weighted by molar-refractivity contribution is -0.435. The zero-order chi connectivity index (χ0) is 6.69. The van der Waals surface area contributed by atoms with Crippen LogP contribution in [-0.4, -0.2) is 23.7 Å². The highest BCUT2D eigenvalue weighted by Crippen LogP contribution is 1.90. The Morgan fingerprint density at radius 3 is 3.22 bits per heavy atom. The van der Waals surface area contributed by atoms with Gasteiger partial charge in [0.15, 0.2) is 11.6 Å². The summed E-state index contributed by atoms with van der Waals surface area (Å²) in [5, 5.41) is 0. The molecule has 0 fully saturated rings.